The molecule has 4 rings (SSSR count). The van der Waals surface area contributed by atoms with Gasteiger partial charge < -0.3 is 24.6 Å². The molecule has 0 bridgehead atoms. The Bertz CT molecular complexity index is 1090. The van der Waals surface area contributed by atoms with Gasteiger partial charge in [0.25, 0.3) is 0 Å². The lowest BCUT2D eigenvalue weighted by molar-refractivity contribution is -0.139. The smallest absolute Gasteiger partial charge is 0.341 e. The number of carboxylic acid groups (broad SMARTS) is 1. The number of rotatable bonds is 6. The first-order chi connectivity index (χ1) is 14.6. The van der Waals surface area contributed by atoms with Crippen LogP contribution in [-0.2, 0) is 4.79 Å². The largest absolute Gasteiger partial charge is 0.493 e. The van der Waals surface area contributed by atoms with E-state index in [9.17, 15) is 4.79 Å². The minimum Gasteiger partial charge on any atom is -0.493 e. The maximum Gasteiger partial charge on any atom is 0.341 e. The van der Waals surface area contributed by atoms with E-state index in [0.29, 0.717) is 28.2 Å². The summed E-state index contributed by atoms with van der Waals surface area (Å²) in [5.74, 6) is 0.0103. The van der Waals surface area contributed by atoms with Crippen molar-refractivity contribution < 1.29 is 24.1 Å². The average molecular weight is 426 g/mol. The van der Waals surface area contributed by atoms with Gasteiger partial charge in [0.1, 0.15) is 0 Å². The molecule has 0 amide bonds. The number of nitrogens with one attached hydrogen (secondary N) is 1. The zero-order valence-corrected chi connectivity index (χ0v) is 17.0. The first-order valence-electron chi connectivity index (χ1n) is 8.93. The second-order valence-electron chi connectivity index (χ2n) is 6.23. The van der Waals surface area contributed by atoms with Crippen LogP contribution >= 0.6 is 11.8 Å². The summed E-state index contributed by atoms with van der Waals surface area (Å²) >= 11 is 1.37. The maximum atomic E-state index is 10.8. The summed E-state index contributed by atoms with van der Waals surface area (Å²) in [7, 11) is 1.49. The van der Waals surface area contributed by atoms with Crippen molar-refractivity contribution in [1.29, 1.82) is 0 Å². The summed E-state index contributed by atoms with van der Waals surface area (Å²) in [6.45, 7) is -0.464. The van der Waals surface area contributed by atoms with E-state index in [1.54, 1.807) is 18.2 Å². The minimum atomic E-state index is -1.07. The number of anilines is 1. The number of carboxylic acids is 1. The van der Waals surface area contributed by atoms with Crippen LogP contribution in [0, 0.1) is 0 Å². The van der Waals surface area contributed by atoms with Crippen LogP contribution in [-0.4, -0.2) is 46.2 Å². The summed E-state index contributed by atoms with van der Waals surface area (Å²) in [6, 6.07) is 12.8. The van der Waals surface area contributed by atoms with Gasteiger partial charge in [-0.1, -0.05) is 30.0 Å². The van der Waals surface area contributed by atoms with Crippen molar-refractivity contribution in [3.05, 3.63) is 48.0 Å². The van der Waals surface area contributed by atoms with Gasteiger partial charge in [0.15, 0.2) is 30.0 Å². The molecule has 1 unspecified atom stereocenters. The Labute approximate surface area is 176 Å². The SMILES string of the molecule is COc1cc(C2Nc3ccccc3-c3nnc(SC)nc3O2)ccc1OCC(=O)O. The predicted octanol–water partition coefficient (Wildman–Crippen LogP) is 3.24. The van der Waals surface area contributed by atoms with E-state index in [4.69, 9.17) is 19.3 Å². The molecule has 10 heteroatoms. The number of aromatic nitrogens is 3. The number of hydrogen-bond acceptors (Lipinski definition) is 9. The molecule has 3 aromatic rings. The normalized spacial score (nSPS) is 14.4. The van der Waals surface area contributed by atoms with Gasteiger partial charge in [-0.3, -0.25) is 0 Å². The third kappa shape index (κ3) is 3.94. The number of ether oxygens (including phenoxy) is 3. The van der Waals surface area contributed by atoms with E-state index in [0.717, 1.165) is 16.8 Å². The molecule has 2 aromatic carbocycles. The number of thioether (sulfide) groups is 1. The molecule has 0 fully saturated rings. The lowest BCUT2D eigenvalue weighted by Crippen LogP contribution is -2.17. The Morgan fingerprint density at radius 2 is 2.07 bits per heavy atom. The van der Waals surface area contributed by atoms with Crippen LogP contribution in [0.3, 0.4) is 0 Å². The fraction of sp³-hybridized carbons (Fsp3) is 0.200. The van der Waals surface area contributed by atoms with Crippen LogP contribution in [0.5, 0.6) is 17.4 Å². The maximum absolute atomic E-state index is 10.8. The van der Waals surface area contributed by atoms with Gasteiger partial charge in [0.2, 0.25) is 11.0 Å². The standard InChI is InChI=1S/C20H18N4O5S/c1-27-15-9-11(7-8-14(15)28-10-16(25)26)18-21-13-6-4-3-5-12(13)17-19(29-18)22-20(30-2)24-23-17/h3-9,18,21H,10H2,1-2H3,(H,25,26). The second-order valence-corrected chi connectivity index (χ2v) is 7.01. The first-order valence-corrected chi connectivity index (χ1v) is 10.2. The summed E-state index contributed by atoms with van der Waals surface area (Å²) < 4.78 is 16.8. The van der Waals surface area contributed by atoms with Crippen LogP contribution in [0.1, 0.15) is 11.8 Å². The van der Waals surface area contributed by atoms with E-state index in [2.05, 4.69) is 20.5 Å². The average Bonchev–Trinajstić information content (AvgIpc) is 2.93. The minimum absolute atomic E-state index is 0.326. The number of hydrogen-bond donors (Lipinski definition) is 2. The van der Waals surface area contributed by atoms with E-state index in [1.165, 1.54) is 18.9 Å². The molecule has 9 nitrogen and oxygen atoms in total. The van der Waals surface area contributed by atoms with E-state index in [-0.39, 0.29) is 0 Å². The van der Waals surface area contributed by atoms with E-state index >= 15 is 0 Å². The molecule has 1 aliphatic heterocycles. The Morgan fingerprint density at radius 1 is 1.23 bits per heavy atom. The number of aliphatic carboxylic acids is 1. The fourth-order valence-electron chi connectivity index (χ4n) is 2.99. The number of para-hydroxylation sites is 1. The quantitative estimate of drug-likeness (QED) is 0.569. The van der Waals surface area contributed by atoms with Crippen LogP contribution in [0.25, 0.3) is 11.3 Å². The second kappa shape index (κ2) is 8.46. The predicted molar refractivity (Wildman–Crippen MR) is 110 cm³/mol. The molecule has 0 saturated heterocycles. The van der Waals surface area contributed by atoms with Crippen molar-refractivity contribution >= 4 is 23.4 Å². The number of benzene rings is 2. The summed E-state index contributed by atoms with van der Waals surface area (Å²) in [4.78, 5) is 15.3. The van der Waals surface area contributed by atoms with Gasteiger partial charge in [-0.2, -0.15) is 4.98 Å². The molecular weight excluding hydrogens is 408 g/mol. The van der Waals surface area contributed by atoms with Crippen molar-refractivity contribution in [1.82, 2.24) is 15.2 Å². The van der Waals surface area contributed by atoms with Crippen molar-refractivity contribution in [2.75, 3.05) is 25.3 Å². The molecule has 0 spiro atoms. The molecular formula is C20H18N4O5S. The number of carbonyl (C=O) groups is 1. The van der Waals surface area contributed by atoms with Gasteiger partial charge in [-0.15, -0.1) is 10.2 Å². The van der Waals surface area contributed by atoms with Gasteiger partial charge in [0, 0.05) is 16.8 Å². The molecule has 2 N–H and O–H groups in total. The van der Waals surface area contributed by atoms with Crippen molar-refractivity contribution in [3.8, 4) is 28.6 Å². The highest BCUT2D eigenvalue weighted by molar-refractivity contribution is 7.98. The summed E-state index contributed by atoms with van der Waals surface area (Å²) in [6.07, 6.45) is 1.27. The molecule has 30 heavy (non-hydrogen) atoms. The highest BCUT2D eigenvalue weighted by atomic mass is 32.2. The Morgan fingerprint density at radius 3 is 2.83 bits per heavy atom. The molecule has 2 heterocycles. The van der Waals surface area contributed by atoms with Crippen molar-refractivity contribution in [3.63, 3.8) is 0 Å². The Kier molecular flexibility index (Phi) is 5.57. The molecule has 0 saturated carbocycles. The molecule has 1 aromatic heterocycles. The Hall–Kier alpha value is -3.53. The van der Waals surface area contributed by atoms with E-state index < -0.39 is 18.8 Å². The monoisotopic (exact) mass is 426 g/mol. The fourth-order valence-corrected chi connectivity index (χ4v) is 3.29. The highest BCUT2D eigenvalue weighted by Crippen LogP contribution is 2.40. The zero-order chi connectivity index (χ0) is 21.1. The van der Waals surface area contributed by atoms with Crippen molar-refractivity contribution in [2.45, 2.75) is 11.4 Å². The zero-order valence-electron chi connectivity index (χ0n) is 16.2. The summed E-state index contributed by atoms with van der Waals surface area (Å²) in [5.41, 5.74) is 2.93. The molecule has 0 aliphatic carbocycles. The van der Waals surface area contributed by atoms with Gasteiger partial charge in [-0.25, -0.2) is 4.79 Å². The summed E-state index contributed by atoms with van der Waals surface area (Å²) in [5, 5.41) is 21.1. The lowest BCUT2D eigenvalue weighted by atomic mass is 10.1. The van der Waals surface area contributed by atoms with Crippen molar-refractivity contribution in [2.24, 2.45) is 0 Å². The molecule has 0 radical (unpaired) electrons. The lowest BCUT2D eigenvalue weighted by Gasteiger charge is -2.20. The molecule has 1 aliphatic rings. The number of fused-ring (bicyclic) bond motifs is 3. The van der Waals surface area contributed by atoms with Crippen LogP contribution in [0.2, 0.25) is 0 Å². The third-order valence-corrected chi connectivity index (χ3v) is 4.90. The number of methoxy groups -OCH3 is 1. The molecule has 1 atom stereocenters. The van der Waals surface area contributed by atoms with Crippen LogP contribution in [0.4, 0.5) is 5.69 Å². The van der Waals surface area contributed by atoms with Gasteiger partial charge in [-0.05, 0) is 30.5 Å². The molecule has 154 valence electrons. The Balaban J connectivity index is 1.74. The third-order valence-electron chi connectivity index (χ3n) is 4.36. The van der Waals surface area contributed by atoms with E-state index in [1.807, 2.05) is 30.5 Å². The highest BCUT2D eigenvalue weighted by Gasteiger charge is 2.26. The van der Waals surface area contributed by atoms with Gasteiger partial charge in [0.05, 0.1) is 7.11 Å². The first kappa shape index (κ1) is 19.8. The topological polar surface area (TPSA) is 116 Å². The van der Waals surface area contributed by atoms with Crippen LogP contribution < -0.4 is 19.5 Å². The van der Waals surface area contributed by atoms with Gasteiger partial charge >= 0.3 is 5.97 Å². The van der Waals surface area contributed by atoms with Crippen LogP contribution in [0.15, 0.2) is 47.6 Å². The number of nitrogens with zero attached hydrogens (tertiary/aromatic N) is 3.